The quantitative estimate of drug-likeness (QED) is 0.520. The van der Waals surface area contributed by atoms with E-state index in [9.17, 15) is 0 Å². The maximum atomic E-state index is 4.40. The first-order valence-electron chi connectivity index (χ1n) is 4.50. The lowest BCUT2D eigenvalue weighted by Crippen LogP contribution is -2.31. The molecule has 74 valence electrons. The Morgan fingerprint density at radius 1 is 1.50 bits per heavy atom. The van der Waals surface area contributed by atoms with E-state index < -0.39 is 0 Å². The largest absolute Gasteiger partial charge is 0.292 e. The van der Waals surface area contributed by atoms with E-state index in [0.29, 0.717) is 5.50 Å². The summed E-state index contributed by atoms with van der Waals surface area (Å²) in [6.07, 6.45) is 3.96. The Labute approximate surface area is 82.1 Å². The van der Waals surface area contributed by atoms with Gasteiger partial charge in [0.1, 0.15) is 5.50 Å². The van der Waals surface area contributed by atoms with E-state index >= 15 is 0 Å². The molecule has 1 aliphatic heterocycles. The van der Waals surface area contributed by atoms with Crippen molar-refractivity contribution in [3.8, 4) is 0 Å². The number of hydrogen-bond acceptors (Lipinski definition) is 3. The van der Waals surface area contributed by atoms with Gasteiger partial charge in [-0.25, -0.2) is 0 Å². The molecule has 0 aromatic carbocycles. The summed E-state index contributed by atoms with van der Waals surface area (Å²) in [5.74, 6) is 0. The van der Waals surface area contributed by atoms with Crippen LogP contribution in [0, 0.1) is 0 Å². The zero-order valence-corrected chi connectivity index (χ0v) is 8.11. The fraction of sp³-hybridized carbons (Fsp3) is 1.00. The van der Waals surface area contributed by atoms with Crippen LogP contribution in [0.5, 0.6) is 0 Å². The summed E-state index contributed by atoms with van der Waals surface area (Å²) in [5, 5.41) is 3.29. The molecule has 0 saturated carbocycles. The van der Waals surface area contributed by atoms with Gasteiger partial charge in [0.25, 0.3) is 0 Å². The molecule has 0 spiro atoms. The van der Waals surface area contributed by atoms with Crippen LogP contribution >= 0.6 is 12.6 Å². The molecular formula is C9H22N2S. The van der Waals surface area contributed by atoms with Gasteiger partial charge in [0.2, 0.25) is 0 Å². The van der Waals surface area contributed by atoms with Crippen molar-refractivity contribution in [3.63, 3.8) is 0 Å². The summed E-state index contributed by atoms with van der Waals surface area (Å²) in [4.78, 5) is 2.39. The summed E-state index contributed by atoms with van der Waals surface area (Å²) < 4.78 is 0. The van der Waals surface area contributed by atoms with Crippen molar-refractivity contribution in [3.05, 3.63) is 0 Å². The Kier molecular flexibility index (Phi) is 6.90. The first kappa shape index (κ1) is 12.3. The van der Waals surface area contributed by atoms with E-state index in [1.54, 1.807) is 0 Å². The molecule has 0 aliphatic carbocycles. The minimum Gasteiger partial charge on any atom is -0.292 e. The summed E-state index contributed by atoms with van der Waals surface area (Å²) in [5.41, 5.74) is 0.312. The van der Waals surface area contributed by atoms with Gasteiger partial charge in [0.05, 0.1) is 0 Å². The van der Waals surface area contributed by atoms with Crippen molar-refractivity contribution < 1.29 is 0 Å². The molecule has 1 atom stereocenters. The van der Waals surface area contributed by atoms with Crippen molar-refractivity contribution in [1.29, 1.82) is 0 Å². The molecule has 12 heavy (non-hydrogen) atoms. The van der Waals surface area contributed by atoms with Crippen LogP contribution in [0.15, 0.2) is 0 Å². The third-order valence-electron chi connectivity index (χ3n) is 2.12. The average molecular weight is 190 g/mol. The van der Waals surface area contributed by atoms with E-state index in [0.717, 1.165) is 13.1 Å². The van der Waals surface area contributed by atoms with Crippen molar-refractivity contribution >= 4 is 12.6 Å². The molecule has 0 aromatic heterocycles. The fourth-order valence-electron chi connectivity index (χ4n) is 1.39. The van der Waals surface area contributed by atoms with Crippen LogP contribution < -0.4 is 5.32 Å². The maximum absolute atomic E-state index is 4.40. The number of hydrogen-bond donors (Lipinski definition) is 2. The Balaban J connectivity index is 0.00000121. The van der Waals surface area contributed by atoms with Crippen molar-refractivity contribution in [2.24, 2.45) is 0 Å². The maximum Gasteiger partial charge on any atom is 0.105 e. The van der Waals surface area contributed by atoms with Gasteiger partial charge < -0.3 is 0 Å². The molecule has 1 heterocycles. The summed E-state index contributed by atoms with van der Waals surface area (Å²) in [7, 11) is 0. The van der Waals surface area contributed by atoms with E-state index in [4.69, 9.17) is 0 Å². The van der Waals surface area contributed by atoms with Crippen LogP contribution in [0.1, 0.15) is 33.6 Å². The zero-order valence-electron chi connectivity index (χ0n) is 7.21. The minimum absolute atomic E-state index is 0. The molecule has 1 fully saturated rings. The predicted octanol–water partition coefficient (Wildman–Crippen LogP) is 1.93. The highest BCUT2D eigenvalue weighted by Gasteiger charge is 2.18. The Bertz CT molecular complexity index is 109. The van der Waals surface area contributed by atoms with Crippen molar-refractivity contribution in [1.82, 2.24) is 10.2 Å². The SMILES string of the molecule is C.CCCCCN1CCNC1S. The second-order valence-corrected chi connectivity index (χ2v) is 3.56. The Morgan fingerprint density at radius 2 is 2.25 bits per heavy atom. The lowest BCUT2D eigenvalue weighted by atomic mass is 10.2. The molecular weight excluding hydrogens is 168 g/mol. The van der Waals surface area contributed by atoms with Gasteiger partial charge in [0.15, 0.2) is 0 Å². The van der Waals surface area contributed by atoms with E-state index in [1.165, 1.54) is 25.8 Å². The molecule has 0 amide bonds. The molecule has 0 bridgehead atoms. The van der Waals surface area contributed by atoms with E-state index in [1.807, 2.05) is 0 Å². The highest BCUT2D eigenvalue weighted by Crippen LogP contribution is 2.08. The van der Waals surface area contributed by atoms with E-state index in [-0.39, 0.29) is 7.43 Å². The first-order chi connectivity index (χ1) is 5.34. The Hall–Kier alpha value is 0.270. The van der Waals surface area contributed by atoms with Crippen LogP contribution in [-0.4, -0.2) is 30.0 Å². The smallest absolute Gasteiger partial charge is 0.105 e. The number of unbranched alkanes of at least 4 members (excludes halogenated alkanes) is 2. The highest BCUT2D eigenvalue weighted by atomic mass is 32.1. The van der Waals surface area contributed by atoms with Crippen LogP contribution in [0.4, 0.5) is 0 Å². The summed E-state index contributed by atoms with van der Waals surface area (Å²) in [6, 6.07) is 0. The second-order valence-electron chi connectivity index (χ2n) is 3.07. The molecule has 3 heteroatoms. The number of rotatable bonds is 4. The normalized spacial score (nSPS) is 24.0. The van der Waals surface area contributed by atoms with Crippen molar-refractivity contribution in [2.45, 2.75) is 39.1 Å². The molecule has 1 unspecified atom stereocenters. The number of thiol groups is 1. The summed E-state index contributed by atoms with van der Waals surface area (Å²) in [6.45, 7) is 5.70. The predicted molar refractivity (Wildman–Crippen MR) is 58.6 cm³/mol. The zero-order chi connectivity index (χ0) is 8.10. The monoisotopic (exact) mass is 190 g/mol. The highest BCUT2D eigenvalue weighted by molar-refractivity contribution is 7.80. The first-order valence-corrected chi connectivity index (χ1v) is 5.01. The molecule has 1 N–H and O–H groups in total. The third kappa shape index (κ3) is 3.78. The summed E-state index contributed by atoms with van der Waals surface area (Å²) >= 11 is 4.40. The van der Waals surface area contributed by atoms with Crippen LogP contribution in [0.3, 0.4) is 0 Å². The van der Waals surface area contributed by atoms with Crippen LogP contribution in [0.25, 0.3) is 0 Å². The standard InChI is InChI=1S/C8H18N2S.CH4/c1-2-3-4-6-10-7-5-9-8(10)11;/h8-9,11H,2-7H2,1H3;1H4. The van der Waals surface area contributed by atoms with Gasteiger partial charge in [0, 0.05) is 19.6 Å². The molecule has 2 nitrogen and oxygen atoms in total. The molecule has 1 rings (SSSR count). The van der Waals surface area contributed by atoms with Gasteiger partial charge in [-0.1, -0.05) is 27.2 Å². The van der Waals surface area contributed by atoms with Gasteiger partial charge in [-0.05, 0) is 6.42 Å². The van der Waals surface area contributed by atoms with Gasteiger partial charge in [-0.3, -0.25) is 10.2 Å². The number of nitrogens with zero attached hydrogens (tertiary/aromatic N) is 1. The average Bonchev–Trinajstić information content (AvgIpc) is 2.37. The van der Waals surface area contributed by atoms with Gasteiger partial charge >= 0.3 is 0 Å². The van der Waals surface area contributed by atoms with Gasteiger partial charge in [-0.15, -0.1) is 12.6 Å². The van der Waals surface area contributed by atoms with Crippen LogP contribution in [0.2, 0.25) is 0 Å². The molecule has 1 saturated heterocycles. The van der Waals surface area contributed by atoms with Gasteiger partial charge in [-0.2, -0.15) is 0 Å². The van der Waals surface area contributed by atoms with E-state index in [2.05, 4.69) is 29.8 Å². The minimum atomic E-state index is 0. The topological polar surface area (TPSA) is 15.3 Å². The molecule has 0 radical (unpaired) electrons. The lowest BCUT2D eigenvalue weighted by Gasteiger charge is -2.18. The Morgan fingerprint density at radius 3 is 2.75 bits per heavy atom. The fourth-order valence-corrected chi connectivity index (χ4v) is 1.75. The van der Waals surface area contributed by atoms with Crippen molar-refractivity contribution in [2.75, 3.05) is 19.6 Å². The second kappa shape index (κ2) is 6.75. The van der Waals surface area contributed by atoms with Crippen LogP contribution in [-0.2, 0) is 0 Å². The third-order valence-corrected chi connectivity index (χ3v) is 2.63. The molecule has 0 aromatic rings. The lowest BCUT2D eigenvalue weighted by molar-refractivity contribution is 0.304. The molecule has 1 aliphatic rings. The number of nitrogens with one attached hydrogen (secondary N) is 1.